The number of pyridine rings is 1. The molecular weight excluding hydrogens is 216 g/mol. The van der Waals surface area contributed by atoms with Crippen LogP contribution in [0.2, 0.25) is 0 Å². The summed E-state index contributed by atoms with van der Waals surface area (Å²) in [4.78, 5) is 12.3. The Morgan fingerprint density at radius 3 is 2.94 bits per heavy atom. The Morgan fingerprint density at radius 2 is 2.18 bits per heavy atom. The van der Waals surface area contributed by atoms with Crippen LogP contribution in [0.5, 0.6) is 5.75 Å². The lowest BCUT2D eigenvalue weighted by atomic mass is 10.2. The van der Waals surface area contributed by atoms with Gasteiger partial charge in [-0.3, -0.25) is 4.98 Å². The molecule has 1 N–H and O–H groups in total. The van der Waals surface area contributed by atoms with Gasteiger partial charge in [-0.25, -0.2) is 9.97 Å². The van der Waals surface area contributed by atoms with Crippen molar-refractivity contribution in [2.45, 2.75) is 13.5 Å². The van der Waals surface area contributed by atoms with Gasteiger partial charge < -0.3 is 10.1 Å². The molecule has 0 aliphatic heterocycles. The van der Waals surface area contributed by atoms with Crippen LogP contribution in [0.4, 0.5) is 5.82 Å². The van der Waals surface area contributed by atoms with Gasteiger partial charge in [0, 0.05) is 24.5 Å². The lowest BCUT2D eigenvalue weighted by molar-refractivity contribution is 0.408. The SMILES string of the molecule is COc1cnccc1CNc1ccnc(C)n1. The first-order valence-corrected chi connectivity index (χ1v) is 5.30. The molecule has 0 aliphatic carbocycles. The fourth-order valence-electron chi connectivity index (χ4n) is 1.48. The van der Waals surface area contributed by atoms with E-state index in [1.54, 1.807) is 25.7 Å². The minimum absolute atomic E-state index is 0.641. The van der Waals surface area contributed by atoms with Gasteiger partial charge in [0.05, 0.1) is 13.3 Å². The molecule has 5 heteroatoms. The largest absolute Gasteiger partial charge is 0.495 e. The molecule has 17 heavy (non-hydrogen) atoms. The molecule has 0 spiro atoms. The maximum Gasteiger partial charge on any atom is 0.142 e. The molecule has 0 amide bonds. The highest BCUT2D eigenvalue weighted by molar-refractivity contribution is 5.37. The van der Waals surface area contributed by atoms with Crippen molar-refractivity contribution in [3.63, 3.8) is 0 Å². The third-order valence-corrected chi connectivity index (χ3v) is 2.33. The predicted octanol–water partition coefficient (Wildman–Crippen LogP) is 1.80. The van der Waals surface area contributed by atoms with E-state index in [0.717, 1.165) is 23.0 Å². The number of anilines is 1. The topological polar surface area (TPSA) is 59.9 Å². The van der Waals surface area contributed by atoms with Gasteiger partial charge >= 0.3 is 0 Å². The van der Waals surface area contributed by atoms with E-state index >= 15 is 0 Å². The Morgan fingerprint density at radius 1 is 1.29 bits per heavy atom. The summed E-state index contributed by atoms with van der Waals surface area (Å²) < 4.78 is 5.22. The number of ether oxygens (including phenoxy) is 1. The first-order valence-electron chi connectivity index (χ1n) is 5.30. The maximum absolute atomic E-state index is 5.22. The van der Waals surface area contributed by atoms with Gasteiger partial charge in [0.1, 0.15) is 17.4 Å². The van der Waals surface area contributed by atoms with Gasteiger partial charge in [0.15, 0.2) is 0 Å². The van der Waals surface area contributed by atoms with Gasteiger partial charge in [-0.15, -0.1) is 0 Å². The van der Waals surface area contributed by atoms with E-state index in [1.165, 1.54) is 0 Å². The number of rotatable bonds is 4. The average Bonchev–Trinajstić information content (AvgIpc) is 2.37. The minimum atomic E-state index is 0.641. The number of methoxy groups -OCH3 is 1. The lowest BCUT2D eigenvalue weighted by Crippen LogP contribution is -2.04. The summed E-state index contributed by atoms with van der Waals surface area (Å²) in [5.41, 5.74) is 1.04. The normalized spacial score (nSPS) is 10.0. The molecule has 0 aromatic carbocycles. The number of nitrogens with one attached hydrogen (secondary N) is 1. The number of hydrogen-bond acceptors (Lipinski definition) is 5. The van der Waals surface area contributed by atoms with Gasteiger partial charge in [-0.05, 0) is 19.1 Å². The summed E-state index contributed by atoms with van der Waals surface area (Å²) in [5.74, 6) is 2.32. The fraction of sp³-hybridized carbons (Fsp3) is 0.250. The van der Waals surface area contributed by atoms with Crippen molar-refractivity contribution >= 4 is 5.82 Å². The predicted molar refractivity (Wildman–Crippen MR) is 64.9 cm³/mol. The molecule has 2 rings (SSSR count). The summed E-state index contributed by atoms with van der Waals surface area (Å²) in [5, 5.41) is 3.22. The number of aryl methyl sites for hydroxylation is 1. The Labute approximate surface area is 99.9 Å². The van der Waals surface area contributed by atoms with Crippen LogP contribution in [0.1, 0.15) is 11.4 Å². The molecule has 0 bridgehead atoms. The zero-order valence-corrected chi connectivity index (χ0v) is 9.84. The Kier molecular flexibility index (Phi) is 3.49. The van der Waals surface area contributed by atoms with Crippen LogP contribution in [0.15, 0.2) is 30.7 Å². The Bertz CT molecular complexity index is 501. The van der Waals surface area contributed by atoms with E-state index in [9.17, 15) is 0 Å². The van der Waals surface area contributed by atoms with Crippen LogP contribution < -0.4 is 10.1 Å². The lowest BCUT2D eigenvalue weighted by Gasteiger charge is -2.09. The van der Waals surface area contributed by atoms with E-state index in [0.29, 0.717) is 6.54 Å². The molecule has 2 aromatic heterocycles. The monoisotopic (exact) mass is 230 g/mol. The maximum atomic E-state index is 5.22. The standard InChI is InChI=1S/C12H14N4O/c1-9-14-6-4-12(16-9)15-7-10-3-5-13-8-11(10)17-2/h3-6,8H,7H2,1-2H3,(H,14,15,16). The first kappa shape index (κ1) is 11.3. The third-order valence-electron chi connectivity index (χ3n) is 2.33. The molecule has 0 saturated heterocycles. The van der Waals surface area contributed by atoms with Crippen molar-refractivity contribution in [2.24, 2.45) is 0 Å². The zero-order valence-electron chi connectivity index (χ0n) is 9.84. The van der Waals surface area contributed by atoms with Crippen LogP contribution in [0, 0.1) is 6.92 Å². The zero-order chi connectivity index (χ0) is 12.1. The first-order chi connectivity index (χ1) is 8.29. The number of hydrogen-bond donors (Lipinski definition) is 1. The molecule has 88 valence electrons. The number of nitrogens with zero attached hydrogens (tertiary/aromatic N) is 3. The van der Waals surface area contributed by atoms with Gasteiger partial charge in [0.2, 0.25) is 0 Å². The van der Waals surface area contributed by atoms with E-state index in [-0.39, 0.29) is 0 Å². The minimum Gasteiger partial charge on any atom is -0.495 e. The van der Waals surface area contributed by atoms with E-state index in [2.05, 4.69) is 20.3 Å². The molecule has 0 radical (unpaired) electrons. The van der Waals surface area contributed by atoms with Crippen molar-refractivity contribution in [1.82, 2.24) is 15.0 Å². The summed E-state index contributed by atoms with van der Waals surface area (Å²) >= 11 is 0. The second-order valence-corrected chi connectivity index (χ2v) is 3.53. The van der Waals surface area contributed by atoms with Crippen LogP contribution in [-0.2, 0) is 6.54 Å². The smallest absolute Gasteiger partial charge is 0.142 e. The van der Waals surface area contributed by atoms with Gasteiger partial charge in [-0.1, -0.05) is 0 Å². The van der Waals surface area contributed by atoms with Crippen LogP contribution in [0.25, 0.3) is 0 Å². The summed E-state index contributed by atoms with van der Waals surface area (Å²) in [6.45, 7) is 2.50. The molecule has 5 nitrogen and oxygen atoms in total. The van der Waals surface area contributed by atoms with Crippen molar-refractivity contribution in [2.75, 3.05) is 12.4 Å². The summed E-state index contributed by atoms with van der Waals surface area (Å²) in [6.07, 6.45) is 5.17. The van der Waals surface area contributed by atoms with Crippen LogP contribution in [0.3, 0.4) is 0 Å². The third kappa shape index (κ3) is 2.90. The van der Waals surface area contributed by atoms with Crippen molar-refractivity contribution < 1.29 is 4.74 Å². The van der Waals surface area contributed by atoms with Crippen LogP contribution in [-0.4, -0.2) is 22.1 Å². The Balaban J connectivity index is 2.07. The highest BCUT2D eigenvalue weighted by Gasteiger charge is 2.02. The molecule has 0 atom stereocenters. The van der Waals surface area contributed by atoms with Gasteiger partial charge in [0.25, 0.3) is 0 Å². The molecule has 2 aromatic rings. The second-order valence-electron chi connectivity index (χ2n) is 3.53. The summed E-state index contributed by atoms with van der Waals surface area (Å²) in [7, 11) is 1.63. The van der Waals surface area contributed by atoms with E-state index in [1.807, 2.05) is 19.1 Å². The molecule has 2 heterocycles. The van der Waals surface area contributed by atoms with E-state index in [4.69, 9.17) is 4.74 Å². The highest BCUT2D eigenvalue weighted by Crippen LogP contribution is 2.16. The molecular formula is C12H14N4O. The molecule has 0 unspecified atom stereocenters. The van der Waals surface area contributed by atoms with Crippen molar-refractivity contribution in [3.05, 3.63) is 42.1 Å². The number of aromatic nitrogens is 3. The van der Waals surface area contributed by atoms with E-state index < -0.39 is 0 Å². The summed E-state index contributed by atoms with van der Waals surface area (Å²) in [6, 6.07) is 3.75. The fourth-order valence-corrected chi connectivity index (χ4v) is 1.48. The highest BCUT2D eigenvalue weighted by atomic mass is 16.5. The van der Waals surface area contributed by atoms with Crippen molar-refractivity contribution in [1.29, 1.82) is 0 Å². The molecule has 0 saturated carbocycles. The Hall–Kier alpha value is -2.17. The van der Waals surface area contributed by atoms with Crippen molar-refractivity contribution in [3.8, 4) is 5.75 Å². The molecule has 0 fully saturated rings. The average molecular weight is 230 g/mol. The second kappa shape index (κ2) is 5.25. The molecule has 0 aliphatic rings. The van der Waals surface area contributed by atoms with Gasteiger partial charge in [-0.2, -0.15) is 0 Å². The van der Waals surface area contributed by atoms with Crippen LogP contribution >= 0.6 is 0 Å². The quantitative estimate of drug-likeness (QED) is 0.867.